The Hall–Kier alpha value is -3.47. The van der Waals surface area contributed by atoms with E-state index in [0.29, 0.717) is 16.6 Å². The van der Waals surface area contributed by atoms with Crippen LogP contribution in [0.4, 0.5) is 4.39 Å². The van der Waals surface area contributed by atoms with Gasteiger partial charge in [-0.3, -0.25) is 4.68 Å². The third-order valence-corrected chi connectivity index (χ3v) is 4.41. The molecule has 0 fully saturated rings. The number of carboxylic acid groups (broad SMARTS) is 1. The molecule has 5 heteroatoms. The Morgan fingerprint density at radius 2 is 1.85 bits per heavy atom. The van der Waals surface area contributed by atoms with Crippen LogP contribution in [0.3, 0.4) is 0 Å². The maximum absolute atomic E-state index is 13.9. The van der Waals surface area contributed by atoms with Gasteiger partial charge in [0.15, 0.2) is 0 Å². The van der Waals surface area contributed by atoms with Crippen molar-refractivity contribution in [2.45, 2.75) is 0 Å². The summed E-state index contributed by atoms with van der Waals surface area (Å²) in [6, 6.07) is 16.7. The molecule has 3 aromatic carbocycles. The molecule has 1 N–H and O–H groups in total. The third kappa shape index (κ3) is 2.73. The van der Waals surface area contributed by atoms with Crippen LogP contribution >= 0.6 is 0 Å². The highest BCUT2D eigenvalue weighted by Gasteiger charge is 2.15. The van der Waals surface area contributed by atoms with Crippen molar-refractivity contribution in [3.05, 3.63) is 77.2 Å². The first-order valence-electron chi connectivity index (χ1n) is 8.09. The second kappa shape index (κ2) is 6.11. The molecule has 0 aliphatic rings. The molecule has 0 amide bonds. The largest absolute Gasteiger partial charge is 0.478 e. The van der Waals surface area contributed by atoms with Crippen molar-refractivity contribution in [3.63, 3.8) is 0 Å². The lowest BCUT2D eigenvalue weighted by atomic mass is 10.1. The van der Waals surface area contributed by atoms with Crippen molar-refractivity contribution in [3.8, 4) is 0 Å². The molecular weight excluding hydrogens is 331 g/mol. The SMILES string of the molecule is Cn1nc(/C=C/c2ccc3ccccc3c2)c2cc(C(=O)O)c(F)cc21. The van der Waals surface area contributed by atoms with Crippen LogP contribution in [0.25, 0.3) is 33.8 Å². The quantitative estimate of drug-likeness (QED) is 0.583. The fourth-order valence-electron chi connectivity index (χ4n) is 3.08. The lowest BCUT2D eigenvalue weighted by Gasteiger charge is -2.00. The lowest BCUT2D eigenvalue weighted by Crippen LogP contribution is -2.00. The van der Waals surface area contributed by atoms with Gasteiger partial charge in [-0.15, -0.1) is 0 Å². The summed E-state index contributed by atoms with van der Waals surface area (Å²) >= 11 is 0. The van der Waals surface area contributed by atoms with Gasteiger partial charge in [0.2, 0.25) is 0 Å². The standard InChI is InChI=1S/C21H15FN2O2/c1-24-20-12-18(22)16(21(25)26)11-17(20)19(23-24)9-7-13-6-8-14-4-2-3-5-15(14)10-13/h2-12H,1H3,(H,25,26)/b9-7+. The fourth-order valence-corrected chi connectivity index (χ4v) is 3.08. The number of nitrogens with zero attached hydrogens (tertiary/aromatic N) is 2. The number of benzene rings is 3. The Balaban J connectivity index is 1.79. The van der Waals surface area contributed by atoms with E-state index in [9.17, 15) is 9.18 Å². The molecule has 0 radical (unpaired) electrons. The molecule has 0 aliphatic carbocycles. The first kappa shape index (κ1) is 16.0. The molecule has 0 unspecified atom stereocenters. The highest BCUT2D eigenvalue weighted by molar-refractivity contribution is 5.97. The van der Waals surface area contributed by atoms with E-state index >= 15 is 0 Å². The molecule has 1 aromatic heterocycles. The molecule has 0 spiro atoms. The van der Waals surface area contributed by atoms with Crippen LogP contribution in [0.5, 0.6) is 0 Å². The van der Waals surface area contributed by atoms with Crippen LogP contribution < -0.4 is 0 Å². The average Bonchev–Trinajstić information content (AvgIpc) is 2.94. The van der Waals surface area contributed by atoms with Crippen LogP contribution in [0.1, 0.15) is 21.6 Å². The fraction of sp³-hybridized carbons (Fsp3) is 0.0476. The number of aromatic nitrogens is 2. The van der Waals surface area contributed by atoms with Crippen molar-refractivity contribution in [2.75, 3.05) is 0 Å². The summed E-state index contributed by atoms with van der Waals surface area (Å²) in [5.74, 6) is -2.06. The summed E-state index contributed by atoms with van der Waals surface area (Å²) in [5.41, 5.74) is 1.79. The second-order valence-electron chi connectivity index (χ2n) is 6.10. The summed E-state index contributed by atoms with van der Waals surface area (Å²) in [7, 11) is 1.70. The molecular formula is C21H15FN2O2. The third-order valence-electron chi connectivity index (χ3n) is 4.41. The molecule has 0 atom stereocenters. The van der Waals surface area contributed by atoms with E-state index in [1.807, 2.05) is 42.5 Å². The van der Waals surface area contributed by atoms with Gasteiger partial charge < -0.3 is 5.11 Å². The zero-order valence-corrected chi connectivity index (χ0v) is 14.0. The molecule has 0 saturated heterocycles. The minimum absolute atomic E-state index is 0.356. The van der Waals surface area contributed by atoms with Gasteiger partial charge in [-0.25, -0.2) is 9.18 Å². The molecule has 4 aromatic rings. The monoisotopic (exact) mass is 346 g/mol. The van der Waals surface area contributed by atoms with Crippen LogP contribution in [0.2, 0.25) is 0 Å². The molecule has 26 heavy (non-hydrogen) atoms. The van der Waals surface area contributed by atoms with Gasteiger partial charge in [0.05, 0.1) is 16.8 Å². The summed E-state index contributed by atoms with van der Waals surface area (Å²) in [4.78, 5) is 11.2. The van der Waals surface area contributed by atoms with Gasteiger partial charge in [-0.1, -0.05) is 42.5 Å². The number of halogens is 1. The number of carboxylic acids is 1. The maximum atomic E-state index is 13.9. The van der Waals surface area contributed by atoms with Gasteiger partial charge >= 0.3 is 5.97 Å². The van der Waals surface area contributed by atoms with E-state index in [1.165, 1.54) is 12.1 Å². The Kier molecular flexibility index (Phi) is 3.77. The number of hydrogen-bond acceptors (Lipinski definition) is 2. The number of aromatic carboxylic acids is 1. The molecule has 128 valence electrons. The summed E-state index contributed by atoms with van der Waals surface area (Å²) < 4.78 is 15.5. The van der Waals surface area contributed by atoms with Crippen molar-refractivity contribution < 1.29 is 14.3 Å². The number of hydrogen-bond donors (Lipinski definition) is 1. The number of rotatable bonds is 3. The lowest BCUT2D eigenvalue weighted by molar-refractivity contribution is 0.0692. The zero-order chi connectivity index (χ0) is 18.3. The average molecular weight is 346 g/mol. The molecule has 0 bridgehead atoms. The van der Waals surface area contributed by atoms with Gasteiger partial charge in [0.1, 0.15) is 5.82 Å². The number of fused-ring (bicyclic) bond motifs is 2. The molecule has 4 rings (SSSR count). The van der Waals surface area contributed by atoms with Gasteiger partial charge in [0, 0.05) is 18.5 Å². The smallest absolute Gasteiger partial charge is 0.338 e. The van der Waals surface area contributed by atoms with Gasteiger partial charge in [0.25, 0.3) is 0 Å². The Morgan fingerprint density at radius 1 is 1.08 bits per heavy atom. The molecule has 1 heterocycles. The summed E-state index contributed by atoms with van der Waals surface area (Å²) in [6.45, 7) is 0. The van der Waals surface area contributed by atoms with Crippen LogP contribution in [-0.2, 0) is 7.05 Å². The molecule has 0 aliphatic heterocycles. The predicted molar refractivity (Wildman–Crippen MR) is 101 cm³/mol. The zero-order valence-electron chi connectivity index (χ0n) is 14.0. The van der Waals surface area contributed by atoms with Crippen molar-refractivity contribution in [2.24, 2.45) is 7.05 Å². The Labute approximate surface area is 148 Å². The van der Waals surface area contributed by atoms with Crippen molar-refractivity contribution >= 4 is 39.8 Å². The Morgan fingerprint density at radius 3 is 2.62 bits per heavy atom. The van der Waals surface area contributed by atoms with Crippen LogP contribution in [0.15, 0.2) is 54.6 Å². The molecule has 0 saturated carbocycles. The second-order valence-corrected chi connectivity index (χ2v) is 6.10. The minimum Gasteiger partial charge on any atom is -0.478 e. The Bertz CT molecular complexity index is 1190. The van der Waals surface area contributed by atoms with E-state index < -0.39 is 11.8 Å². The van der Waals surface area contributed by atoms with Crippen molar-refractivity contribution in [1.29, 1.82) is 0 Å². The van der Waals surface area contributed by atoms with Crippen molar-refractivity contribution in [1.82, 2.24) is 9.78 Å². The summed E-state index contributed by atoms with van der Waals surface area (Å²) in [6.07, 6.45) is 3.73. The first-order valence-corrected chi connectivity index (χ1v) is 8.09. The normalized spacial score (nSPS) is 11.6. The van der Waals surface area contributed by atoms with E-state index in [2.05, 4.69) is 17.2 Å². The highest BCUT2D eigenvalue weighted by atomic mass is 19.1. The van der Waals surface area contributed by atoms with Gasteiger partial charge in [-0.05, 0) is 34.5 Å². The van der Waals surface area contributed by atoms with Gasteiger partial charge in [-0.2, -0.15) is 5.10 Å². The van der Waals surface area contributed by atoms with Crippen LogP contribution in [-0.4, -0.2) is 20.9 Å². The number of aryl methyl sites for hydroxylation is 1. The molecule has 4 nitrogen and oxygen atoms in total. The van der Waals surface area contributed by atoms with E-state index in [0.717, 1.165) is 16.3 Å². The first-order chi connectivity index (χ1) is 12.5. The van der Waals surface area contributed by atoms with E-state index in [4.69, 9.17) is 5.11 Å². The van der Waals surface area contributed by atoms with E-state index in [-0.39, 0.29) is 5.56 Å². The number of carbonyl (C=O) groups is 1. The minimum atomic E-state index is -1.29. The topological polar surface area (TPSA) is 55.1 Å². The maximum Gasteiger partial charge on any atom is 0.338 e. The van der Waals surface area contributed by atoms with Crippen LogP contribution in [0, 0.1) is 5.82 Å². The summed E-state index contributed by atoms with van der Waals surface area (Å²) in [5, 5.41) is 16.4. The predicted octanol–water partition coefficient (Wildman–Crippen LogP) is 4.73. The highest BCUT2D eigenvalue weighted by Crippen LogP contribution is 2.24. The van der Waals surface area contributed by atoms with E-state index in [1.54, 1.807) is 11.7 Å².